The van der Waals surface area contributed by atoms with Crippen molar-refractivity contribution in [3.63, 3.8) is 0 Å². The molecular formula is C16H22N2O3. The number of carbonyl (C=O) groups is 1. The molecule has 1 atom stereocenters. The summed E-state index contributed by atoms with van der Waals surface area (Å²) in [6, 6.07) is 8.03. The SMILES string of the molecule is COCC(O)CCNC(=O)Cc1cn(C)c2ccccc12. The largest absolute Gasteiger partial charge is 0.391 e. The third kappa shape index (κ3) is 4.06. The maximum absolute atomic E-state index is 12.0. The first-order valence-corrected chi connectivity index (χ1v) is 7.08. The van der Waals surface area contributed by atoms with Crippen molar-refractivity contribution in [2.24, 2.45) is 7.05 Å². The number of nitrogens with zero attached hydrogens (tertiary/aromatic N) is 1. The number of aryl methyl sites for hydroxylation is 1. The van der Waals surface area contributed by atoms with E-state index in [0.29, 0.717) is 26.0 Å². The molecule has 1 aromatic carbocycles. The number of fused-ring (bicyclic) bond motifs is 1. The summed E-state index contributed by atoms with van der Waals surface area (Å²) in [5.74, 6) is -0.0315. The van der Waals surface area contributed by atoms with E-state index in [4.69, 9.17) is 4.74 Å². The average molecular weight is 290 g/mol. The number of aliphatic hydroxyl groups is 1. The zero-order chi connectivity index (χ0) is 15.2. The number of hydrogen-bond donors (Lipinski definition) is 2. The molecule has 0 saturated heterocycles. The van der Waals surface area contributed by atoms with Crippen molar-refractivity contribution in [1.82, 2.24) is 9.88 Å². The van der Waals surface area contributed by atoms with Gasteiger partial charge in [-0.25, -0.2) is 0 Å². The summed E-state index contributed by atoms with van der Waals surface area (Å²) < 4.78 is 6.87. The summed E-state index contributed by atoms with van der Waals surface area (Å²) in [6.07, 6.45) is 2.30. The Balaban J connectivity index is 1.90. The minimum atomic E-state index is -0.534. The van der Waals surface area contributed by atoms with Gasteiger partial charge in [0.15, 0.2) is 0 Å². The number of benzene rings is 1. The Morgan fingerprint density at radius 2 is 2.19 bits per heavy atom. The van der Waals surface area contributed by atoms with Crippen LogP contribution in [-0.4, -0.2) is 41.9 Å². The Hall–Kier alpha value is -1.85. The van der Waals surface area contributed by atoms with E-state index in [-0.39, 0.29) is 5.91 Å². The fourth-order valence-electron chi connectivity index (χ4n) is 2.46. The molecule has 1 amide bonds. The van der Waals surface area contributed by atoms with E-state index in [1.807, 2.05) is 42.1 Å². The number of rotatable bonds is 7. The van der Waals surface area contributed by atoms with Crippen molar-refractivity contribution in [1.29, 1.82) is 0 Å². The molecule has 2 aromatic rings. The lowest BCUT2D eigenvalue weighted by atomic mass is 10.1. The van der Waals surface area contributed by atoms with Crippen LogP contribution in [0.2, 0.25) is 0 Å². The molecule has 21 heavy (non-hydrogen) atoms. The van der Waals surface area contributed by atoms with Crippen LogP contribution in [0.4, 0.5) is 0 Å². The van der Waals surface area contributed by atoms with E-state index in [2.05, 4.69) is 5.32 Å². The van der Waals surface area contributed by atoms with Crippen LogP contribution in [0.15, 0.2) is 30.5 Å². The lowest BCUT2D eigenvalue weighted by molar-refractivity contribution is -0.120. The lowest BCUT2D eigenvalue weighted by Crippen LogP contribution is -2.29. The maximum atomic E-state index is 12.0. The van der Waals surface area contributed by atoms with Crippen molar-refractivity contribution < 1.29 is 14.6 Å². The minimum Gasteiger partial charge on any atom is -0.391 e. The highest BCUT2D eigenvalue weighted by atomic mass is 16.5. The molecule has 5 heteroatoms. The number of aromatic nitrogens is 1. The number of methoxy groups -OCH3 is 1. The number of nitrogens with one attached hydrogen (secondary N) is 1. The highest BCUT2D eigenvalue weighted by Crippen LogP contribution is 2.20. The topological polar surface area (TPSA) is 63.5 Å². The molecule has 2 rings (SSSR count). The fraction of sp³-hybridized carbons (Fsp3) is 0.438. The molecule has 0 aliphatic heterocycles. The van der Waals surface area contributed by atoms with Crippen molar-refractivity contribution in [2.75, 3.05) is 20.3 Å². The first kappa shape index (κ1) is 15.5. The third-order valence-electron chi connectivity index (χ3n) is 3.49. The Kier molecular flexibility index (Phi) is 5.36. The van der Waals surface area contributed by atoms with Gasteiger partial charge in [-0.1, -0.05) is 18.2 Å². The van der Waals surface area contributed by atoms with Gasteiger partial charge in [0.05, 0.1) is 19.1 Å². The zero-order valence-electron chi connectivity index (χ0n) is 12.5. The van der Waals surface area contributed by atoms with E-state index in [0.717, 1.165) is 16.5 Å². The minimum absolute atomic E-state index is 0.0315. The third-order valence-corrected chi connectivity index (χ3v) is 3.49. The van der Waals surface area contributed by atoms with Crippen LogP contribution < -0.4 is 5.32 Å². The molecule has 0 spiro atoms. The van der Waals surface area contributed by atoms with Gasteiger partial charge in [-0.2, -0.15) is 0 Å². The summed E-state index contributed by atoms with van der Waals surface area (Å²) in [5, 5.41) is 13.5. The molecule has 1 heterocycles. The van der Waals surface area contributed by atoms with Crippen LogP contribution in [0.1, 0.15) is 12.0 Å². The maximum Gasteiger partial charge on any atom is 0.224 e. The van der Waals surface area contributed by atoms with Crippen LogP contribution in [0.3, 0.4) is 0 Å². The summed E-state index contributed by atoms with van der Waals surface area (Å²) in [4.78, 5) is 12.0. The quantitative estimate of drug-likeness (QED) is 0.806. The second kappa shape index (κ2) is 7.24. The van der Waals surface area contributed by atoms with Crippen LogP contribution in [-0.2, 0) is 23.0 Å². The van der Waals surface area contributed by atoms with E-state index >= 15 is 0 Å². The molecule has 2 N–H and O–H groups in total. The molecule has 1 unspecified atom stereocenters. The van der Waals surface area contributed by atoms with Crippen molar-refractivity contribution in [3.8, 4) is 0 Å². The van der Waals surface area contributed by atoms with Gasteiger partial charge in [0, 0.05) is 37.8 Å². The smallest absolute Gasteiger partial charge is 0.224 e. The summed E-state index contributed by atoms with van der Waals surface area (Å²) in [6.45, 7) is 0.743. The molecule has 0 aliphatic carbocycles. The molecule has 5 nitrogen and oxygen atoms in total. The Labute approximate surface area is 124 Å². The van der Waals surface area contributed by atoms with Gasteiger partial charge >= 0.3 is 0 Å². The van der Waals surface area contributed by atoms with Crippen LogP contribution >= 0.6 is 0 Å². The fourth-order valence-corrected chi connectivity index (χ4v) is 2.46. The highest BCUT2D eigenvalue weighted by Gasteiger charge is 2.10. The number of amides is 1. The number of hydrogen-bond acceptors (Lipinski definition) is 3. The Morgan fingerprint density at radius 1 is 1.43 bits per heavy atom. The summed E-state index contributed by atoms with van der Waals surface area (Å²) >= 11 is 0. The van der Waals surface area contributed by atoms with Gasteiger partial charge in [0.1, 0.15) is 0 Å². The first-order valence-electron chi connectivity index (χ1n) is 7.08. The molecule has 1 aromatic heterocycles. The zero-order valence-corrected chi connectivity index (χ0v) is 12.5. The second-order valence-corrected chi connectivity index (χ2v) is 5.21. The number of para-hydroxylation sites is 1. The first-order chi connectivity index (χ1) is 10.1. The van der Waals surface area contributed by atoms with E-state index in [1.165, 1.54) is 0 Å². The Bertz CT molecular complexity index is 607. The monoisotopic (exact) mass is 290 g/mol. The molecule has 0 radical (unpaired) electrons. The molecular weight excluding hydrogens is 268 g/mol. The average Bonchev–Trinajstić information content (AvgIpc) is 2.76. The van der Waals surface area contributed by atoms with Crippen molar-refractivity contribution in [2.45, 2.75) is 18.9 Å². The van der Waals surface area contributed by atoms with Crippen molar-refractivity contribution >= 4 is 16.8 Å². The van der Waals surface area contributed by atoms with Gasteiger partial charge in [-0.05, 0) is 18.1 Å². The highest BCUT2D eigenvalue weighted by molar-refractivity contribution is 5.89. The second-order valence-electron chi connectivity index (χ2n) is 5.21. The van der Waals surface area contributed by atoms with E-state index in [9.17, 15) is 9.90 Å². The Morgan fingerprint density at radius 3 is 2.95 bits per heavy atom. The molecule has 0 saturated carbocycles. The van der Waals surface area contributed by atoms with Gasteiger partial charge in [0.2, 0.25) is 5.91 Å². The normalized spacial score (nSPS) is 12.5. The van der Waals surface area contributed by atoms with Gasteiger partial charge < -0.3 is 19.7 Å². The summed E-state index contributed by atoms with van der Waals surface area (Å²) in [7, 11) is 3.52. The lowest BCUT2D eigenvalue weighted by Gasteiger charge is -2.09. The molecule has 0 fully saturated rings. The van der Waals surface area contributed by atoms with E-state index in [1.54, 1.807) is 7.11 Å². The van der Waals surface area contributed by atoms with Gasteiger partial charge in [0.25, 0.3) is 0 Å². The van der Waals surface area contributed by atoms with Gasteiger partial charge in [-0.3, -0.25) is 4.79 Å². The van der Waals surface area contributed by atoms with Crippen LogP contribution in [0.5, 0.6) is 0 Å². The van der Waals surface area contributed by atoms with Crippen LogP contribution in [0, 0.1) is 0 Å². The predicted octanol–water partition coefficient (Wildman–Crippen LogP) is 1.23. The standard InChI is InChI=1S/C16H22N2O3/c1-18-10-12(14-5-3-4-6-15(14)18)9-16(20)17-8-7-13(19)11-21-2/h3-6,10,13,19H,7-9,11H2,1-2H3,(H,17,20). The number of aliphatic hydroxyl groups excluding tert-OH is 1. The molecule has 114 valence electrons. The van der Waals surface area contributed by atoms with E-state index < -0.39 is 6.10 Å². The van der Waals surface area contributed by atoms with Gasteiger partial charge in [-0.15, -0.1) is 0 Å². The number of ether oxygens (including phenoxy) is 1. The predicted molar refractivity (Wildman–Crippen MR) is 82.1 cm³/mol. The van der Waals surface area contributed by atoms with Crippen molar-refractivity contribution in [3.05, 3.63) is 36.0 Å². The number of carbonyl (C=O) groups excluding carboxylic acids is 1. The van der Waals surface area contributed by atoms with Crippen LogP contribution in [0.25, 0.3) is 10.9 Å². The summed E-state index contributed by atoms with van der Waals surface area (Å²) in [5.41, 5.74) is 2.14. The molecule has 0 aliphatic rings. The molecule has 0 bridgehead atoms.